The monoisotopic (exact) mass is 474 g/mol. The Balaban J connectivity index is 1.78. The summed E-state index contributed by atoms with van der Waals surface area (Å²) >= 11 is 0. The molecule has 0 amide bonds. The Morgan fingerprint density at radius 3 is 1.91 bits per heavy atom. The van der Waals surface area contributed by atoms with Crippen LogP contribution in [-0.2, 0) is 27.8 Å². The topological polar surface area (TPSA) is 72.8 Å². The first-order valence-electron chi connectivity index (χ1n) is 12.0. The highest BCUT2D eigenvalue weighted by molar-refractivity contribution is 5.82. The second-order valence-electron chi connectivity index (χ2n) is 9.30. The number of ketones is 1. The zero-order chi connectivity index (χ0) is 25.4. The molecule has 0 saturated carbocycles. The van der Waals surface area contributed by atoms with E-state index in [1.165, 1.54) is 5.56 Å². The molecule has 0 saturated heterocycles. The summed E-state index contributed by atoms with van der Waals surface area (Å²) in [5, 5.41) is 9.25. The van der Waals surface area contributed by atoms with Gasteiger partial charge in [-0.3, -0.25) is 9.59 Å². The summed E-state index contributed by atoms with van der Waals surface area (Å²) in [4.78, 5) is 23.6. The molecular weight excluding hydrogens is 440 g/mol. The number of hydrogen-bond donors (Lipinski definition) is 1. The van der Waals surface area contributed by atoms with Crippen LogP contribution in [-0.4, -0.2) is 24.0 Å². The normalized spacial score (nSPS) is 11.2. The first-order chi connectivity index (χ1) is 16.7. The molecule has 35 heavy (non-hydrogen) atoms. The zero-order valence-corrected chi connectivity index (χ0v) is 21.0. The number of unbranched alkanes of at least 4 members (excludes halogenated alkanes) is 1. The Morgan fingerprint density at radius 1 is 0.800 bits per heavy atom. The first kappa shape index (κ1) is 26.0. The highest BCUT2D eigenvalue weighted by Gasteiger charge is 2.23. The Bertz CT molecular complexity index is 1140. The average molecular weight is 475 g/mol. The van der Waals surface area contributed by atoms with E-state index in [1.54, 1.807) is 25.3 Å². The molecule has 3 rings (SSSR count). The number of aliphatic carboxylic acids is 1. The molecule has 0 aliphatic carbocycles. The maximum absolute atomic E-state index is 12.4. The predicted octanol–water partition coefficient (Wildman–Crippen LogP) is 6.74. The number of carbonyl (C=O) groups excluding carboxylic acids is 1. The first-order valence-corrected chi connectivity index (χ1v) is 12.0. The van der Waals surface area contributed by atoms with Crippen molar-refractivity contribution in [3.05, 3.63) is 89.0 Å². The molecule has 0 aliphatic heterocycles. The molecule has 0 bridgehead atoms. The Hall–Kier alpha value is -3.60. The van der Waals surface area contributed by atoms with Gasteiger partial charge in [0, 0.05) is 18.3 Å². The van der Waals surface area contributed by atoms with Gasteiger partial charge >= 0.3 is 5.97 Å². The third kappa shape index (κ3) is 6.95. The minimum Gasteiger partial charge on any atom is -0.497 e. The number of methoxy groups -OCH3 is 1. The van der Waals surface area contributed by atoms with Crippen molar-refractivity contribution in [1.29, 1.82) is 0 Å². The molecule has 0 radical (unpaired) electrons. The van der Waals surface area contributed by atoms with Gasteiger partial charge in [-0.2, -0.15) is 0 Å². The standard InChI is InChI=1S/C30H34O5/c1-5-6-7-25(31)18-22-19-28(13-8-21(22)20-29(32)33)35-27-16-11-24(12-17-27)30(2,3)23-9-14-26(34-4)15-10-23/h8-17,19H,5-7,18,20H2,1-4H3,(H,32,33). The third-order valence-electron chi connectivity index (χ3n) is 6.34. The number of carbonyl (C=O) groups is 2. The average Bonchev–Trinajstić information content (AvgIpc) is 2.84. The molecule has 3 aromatic rings. The van der Waals surface area contributed by atoms with Crippen LogP contribution in [0.25, 0.3) is 0 Å². The number of hydrogen-bond acceptors (Lipinski definition) is 4. The highest BCUT2D eigenvalue weighted by Crippen LogP contribution is 2.34. The van der Waals surface area contributed by atoms with Crippen molar-refractivity contribution < 1.29 is 24.2 Å². The van der Waals surface area contributed by atoms with Crippen molar-refractivity contribution >= 4 is 11.8 Å². The van der Waals surface area contributed by atoms with E-state index in [1.807, 2.05) is 43.3 Å². The fraction of sp³-hybridized carbons (Fsp3) is 0.333. The van der Waals surface area contributed by atoms with E-state index < -0.39 is 5.97 Å². The minimum atomic E-state index is -0.920. The van der Waals surface area contributed by atoms with E-state index in [2.05, 4.69) is 26.0 Å². The number of benzene rings is 3. The van der Waals surface area contributed by atoms with Crippen LogP contribution in [0.3, 0.4) is 0 Å². The summed E-state index contributed by atoms with van der Waals surface area (Å²) in [5.41, 5.74) is 3.48. The molecule has 1 N–H and O–H groups in total. The van der Waals surface area contributed by atoms with Crippen molar-refractivity contribution in [3.63, 3.8) is 0 Å². The second-order valence-corrected chi connectivity index (χ2v) is 9.30. The molecule has 3 aromatic carbocycles. The van der Waals surface area contributed by atoms with E-state index in [-0.39, 0.29) is 24.0 Å². The maximum atomic E-state index is 12.4. The molecule has 0 atom stereocenters. The predicted molar refractivity (Wildman–Crippen MR) is 138 cm³/mol. The number of carboxylic acid groups (broad SMARTS) is 1. The van der Waals surface area contributed by atoms with Gasteiger partial charge in [0.25, 0.3) is 0 Å². The van der Waals surface area contributed by atoms with Gasteiger partial charge in [-0.25, -0.2) is 0 Å². The number of carboxylic acids is 1. The Morgan fingerprint density at radius 2 is 1.37 bits per heavy atom. The van der Waals surface area contributed by atoms with Crippen molar-refractivity contribution in [3.8, 4) is 17.2 Å². The lowest BCUT2D eigenvalue weighted by atomic mass is 9.78. The van der Waals surface area contributed by atoms with Crippen LogP contribution in [0.4, 0.5) is 0 Å². The van der Waals surface area contributed by atoms with E-state index in [9.17, 15) is 14.7 Å². The number of Topliss-reactive ketones (excluding diaryl/α,β-unsaturated/α-hetero) is 1. The van der Waals surface area contributed by atoms with Crippen LogP contribution in [0, 0.1) is 0 Å². The molecule has 5 heteroatoms. The van der Waals surface area contributed by atoms with Crippen LogP contribution < -0.4 is 9.47 Å². The minimum absolute atomic E-state index is 0.112. The third-order valence-corrected chi connectivity index (χ3v) is 6.34. The lowest BCUT2D eigenvalue weighted by Crippen LogP contribution is -2.18. The molecular formula is C30H34O5. The Labute approximate surface area is 207 Å². The van der Waals surface area contributed by atoms with Gasteiger partial charge in [-0.05, 0) is 65.1 Å². The lowest BCUT2D eigenvalue weighted by Gasteiger charge is -2.26. The van der Waals surface area contributed by atoms with E-state index in [0.29, 0.717) is 29.0 Å². The van der Waals surface area contributed by atoms with Gasteiger partial charge in [0.05, 0.1) is 13.5 Å². The van der Waals surface area contributed by atoms with Crippen LogP contribution in [0.5, 0.6) is 17.2 Å². The van der Waals surface area contributed by atoms with Gasteiger partial charge in [0.15, 0.2) is 0 Å². The molecule has 0 unspecified atom stereocenters. The second kappa shape index (κ2) is 11.7. The number of ether oxygens (including phenoxy) is 2. The van der Waals surface area contributed by atoms with Crippen LogP contribution in [0.2, 0.25) is 0 Å². The summed E-state index contributed by atoms with van der Waals surface area (Å²) in [6.07, 6.45) is 2.38. The molecule has 0 fully saturated rings. The smallest absolute Gasteiger partial charge is 0.307 e. The quantitative estimate of drug-likeness (QED) is 0.315. The molecule has 0 spiro atoms. The van der Waals surface area contributed by atoms with Gasteiger partial charge < -0.3 is 14.6 Å². The largest absolute Gasteiger partial charge is 0.497 e. The van der Waals surface area contributed by atoms with E-state index in [0.717, 1.165) is 24.2 Å². The van der Waals surface area contributed by atoms with Crippen molar-refractivity contribution in [2.45, 2.75) is 58.3 Å². The molecule has 0 aliphatic rings. The molecule has 5 nitrogen and oxygen atoms in total. The molecule has 0 aromatic heterocycles. The summed E-state index contributed by atoms with van der Waals surface area (Å²) in [6.45, 7) is 6.39. The van der Waals surface area contributed by atoms with Crippen LogP contribution >= 0.6 is 0 Å². The lowest BCUT2D eigenvalue weighted by molar-refractivity contribution is -0.136. The van der Waals surface area contributed by atoms with Crippen molar-refractivity contribution in [2.75, 3.05) is 7.11 Å². The molecule has 0 heterocycles. The van der Waals surface area contributed by atoms with E-state index >= 15 is 0 Å². The molecule has 184 valence electrons. The SMILES string of the molecule is CCCCC(=O)Cc1cc(Oc2ccc(C(C)(C)c3ccc(OC)cc3)cc2)ccc1CC(=O)O. The highest BCUT2D eigenvalue weighted by atomic mass is 16.5. The van der Waals surface area contributed by atoms with Crippen molar-refractivity contribution in [1.82, 2.24) is 0 Å². The summed E-state index contributed by atoms with van der Waals surface area (Å²) < 4.78 is 11.3. The number of rotatable bonds is 12. The Kier molecular flexibility index (Phi) is 8.69. The fourth-order valence-corrected chi connectivity index (χ4v) is 4.09. The fourth-order valence-electron chi connectivity index (χ4n) is 4.09. The summed E-state index contributed by atoms with van der Waals surface area (Å²) in [5.74, 6) is 1.28. The maximum Gasteiger partial charge on any atom is 0.307 e. The van der Waals surface area contributed by atoms with Gasteiger partial charge in [0.1, 0.15) is 23.0 Å². The van der Waals surface area contributed by atoms with Crippen LogP contribution in [0.1, 0.15) is 62.3 Å². The van der Waals surface area contributed by atoms with Crippen molar-refractivity contribution in [2.24, 2.45) is 0 Å². The zero-order valence-electron chi connectivity index (χ0n) is 21.0. The van der Waals surface area contributed by atoms with Crippen LogP contribution in [0.15, 0.2) is 66.7 Å². The van der Waals surface area contributed by atoms with Gasteiger partial charge in [-0.15, -0.1) is 0 Å². The summed E-state index contributed by atoms with van der Waals surface area (Å²) in [6, 6.07) is 21.3. The van der Waals surface area contributed by atoms with E-state index in [4.69, 9.17) is 9.47 Å². The van der Waals surface area contributed by atoms with Gasteiger partial charge in [-0.1, -0.05) is 57.5 Å². The van der Waals surface area contributed by atoms with Gasteiger partial charge in [0.2, 0.25) is 0 Å². The summed E-state index contributed by atoms with van der Waals surface area (Å²) in [7, 11) is 1.66.